The quantitative estimate of drug-likeness (QED) is 0.865. The van der Waals surface area contributed by atoms with Crippen LogP contribution in [0.1, 0.15) is 28.8 Å². The first-order valence-electron chi connectivity index (χ1n) is 8.07. The Bertz CT molecular complexity index is 860. The third-order valence-corrected chi connectivity index (χ3v) is 5.56. The molecule has 0 aliphatic carbocycles. The molecule has 0 radical (unpaired) electrons. The van der Waals surface area contributed by atoms with Crippen molar-refractivity contribution in [1.82, 2.24) is 4.90 Å². The van der Waals surface area contributed by atoms with Crippen LogP contribution in [0.5, 0.6) is 0 Å². The highest BCUT2D eigenvalue weighted by molar-refractivity contribution is 7.91. The Morgan fingerprint density at radius 2 is 1.76 bits per heavy atom. The summed E-state index contributed by atoms with van der Waals surface area (Å²) >= 11 is 5.81. The number of carbonyl (C=O) groups excluding carboxylic acids is 1. The lowest BCUT2D eigenvalue weighted by atomic mass is 10.2. The fourth-order valence-electron chi connectivity index (χ4n) is 2.83. The van der Waals surface area contributed by atoms with E-state index < -0.39 is 10.0 Å². The summed E-state index contributed by atoms with van der Waals surface area (Å²) in [6.45, 7) is 1.51. The van der Waals surface area contributed by atoms with Crippen LogP contribution >= 0.6 is 11.6 Å². The predicted octanol–water partition coefficient (Wildman–Crippen LogP) is 3.52. The van der Waals surface area contributed by atoms with Crippen molar-refractivity contribution in [1.29, 1.82) is 0 Å². The molecule has 1 aliphatic rings. The van der Waals surface area contributed by atoms with Crippen molar-refractivity contribution < 1.29 is 13.2 Å². The third kappa shape index (κ3) is 4.74. The van der Waals surface area contributed by atoms with Gasteiger partial charge in [-0.05, 0) is 48.7 Å². The molecule has 1 fully saturated rings. The van der Waals surface area contributed by atoms with E-state index in [-0.39, 0.29) is 11.7 Å². The van der Waals surface area contributed by atoms with Gasteiger partial charge in [-0.1, -0.05) is 29.8 Å². The number of likely N-dealkylation sites (tertiary alicyclic amines) is 1. The molecule has 2 aromatic carbocycles. The van der Waals surface area contributed by atoms with Gasteiger partial charge in [0.05, 0.1) is 5.75 Å². The monoisotopic (exact) mass is 378 g/mol. The molecule has 0 bridgehead atoms. The number of sulfonamides is 1. The predicted molar refractivity (Wildman–Crippen MR) is 99.3 cm³/mol. The van der Waals surface area contributed by atoms with Crippen molar-refractivity contribution in [3.63, 3.8) is 0 Å². The molecule has 1 amide bonds. The van der Waals surface area contributed by atoms with Crippen LogP contribution in [0.4, 0.5) is 5.69 Å². The lowest BCUT2D eigenvalue weighted by Gasteiger charge is -2.16. The van der Waals surface area contributed by atoms with E-state index in [1.807, 2.05) is 0 Å². The van der Waals surface area contributed by atoms with Gasteiger partial charge in [-0.25, -0.2) is 8.42 Å². The SMILES string of the molecule is O=C(c1cccc(NS(=O)(=O)Cc2ccc(Cl)cc2)c1)N1CCCC1. The summed E-state index contributed by atoms with van der Waals surface area (Å²) in [5, 5.41) is 0.558. The molecule has 1 aliphatic heterocycles. The molecule has 7 heteroatoms. The summed E-state index contributed by atoms with van der Waals surface area (Å²) in [5.74, 6) is -0.217. The normalized spacial score (nSPS) is 14.5. The number of benzene rings is 2. The van der Waals surface area contributed by atoms with Gasteiger partial charge in [0, 0.05) is 29.4 Å². The molecule has 0 unspecified atom stereocenters. The summed E-state index contributed by atoms with van der Waals surface area (Å²) in [5.41, 5.74) is 1.52. The molecule has 1 N–H and O–H groups in total. The number of carbonyl (C=O) groups is 1. The Morgan fingerprint density at radius 3 is 2.44 bits per heavy atom. The van der Waals surface area contributed by atoms with E-state index in [4.69, 9.17) is 11.6 Å². The topological polar surface area (TPSA) is 66.5 Å². The molecule has 5 nitrogen and oxygen atoms in total. The lowest BCUT2D eigenvalue weighted by Crippen LogP contribution is -2.27. The van der Waals surface area contributed by atoms with E-state index in [1.54, 1.807) is 53.4 Å². The maximum absolute atomic E-state index is 12.4. The van der Waals surface area contributed by atoms with Crippen molar-refractivity contribution in [3.8, 4) is 0 Å². The molecule has 3 rings (SSSR count). The molecule has 132 valence electrons. The summed E-state index contributed by atoms with van der Waals surface area (Å²) < 4.78 is 27.2. The molecule has 1 saturated heterocycles. The standard InChI is InChI=1S/C18H19ClN2O3S/c19-16-8-6-14(7-9-16)13-25(23,24)20-17-5-3-4-15(12-17)18(22)21-10-1-2-11-21/h3-9,12,20H,1-2,10-11,13H2. The van der Waals surface area contributed by atoms with Gasteiger partial charge in [-0.3, -0.25) is 9.52 Å². The first-order valence-corrected chi connectivity index (χ1v) is 10.1. The minimum Gasteiger partial charge on any atom is -0.339 e. The van der Waals surface area contributed by atoms with Crippen LogP contribution in [-0.2, 0) is 15.8 Å². The van der Waals surface area contributed by atoms with Crippen LogP contribution in [0.2, 0.25) is 5.02 Å². The maximum Gasteiger partial charge on any atom is 0.253 e. The molecular weight excluding hydrogens is 360 g/mol. The number of hydrogen-bond donors (Lipinski definition) is 1. The van der Waals surface area contributed by atoms with Crippen molar-refractivity contribution >= 4 is 33.2 Å². The molecule has 25 heavy (non-hydrogen) atoms. The van der Waals surface area contributed by atoms with Gasteiger partial charge in [-0.15, -0.1) is 0 Å². The van der Waals surface area contributed by atoms with Crippen LogP contribution < -0.4 is 4.72 Å². The lowest BCUT2D eigenvalue weighted by molar-refractivity contribution is 0.0793. The Kier molecular flexibility index (Phi) is 5.30. The van der Waals surface area contributed by atoms with Gasteiger partial charge in [0.2, 0.25) is 10.0 Å². The number of hydrogen-bond acceptors (Lipinski definition) is 3. The average molecular weight is 379 g/mol. The van der Waals surface area contributed by atoms with Crippen molar-refractivity contribution in [2.75, 3.05) is 17.8 Å². The molecule has 0 saturated carbocycles. The van der Waals surface area contributed by atoms with E-state index >= 15 is 0 Å². The van der Waals surface area contributed by atoms with E-state index in [2.05, 4.69) is 4.72 Å². The molecular formula is C18H19ClN2O3S. The van der Waals surface area contributed by atoms with Crippen LogP contribution in [0.3, 0.4) is 0 Å². The number of rotatable bonds is 5. The number of anilines is 1. The summed E-state index contributed by atoms with van der Waals surface area (Å²) in [6.07, 6.45) is 2.03. The summed E-state index contributed by atoms with van der Waals surface area (Å²) in [4.78, 5) is 14.2. The highest BCUT2D eigenvalue weighted by Gasteiger charge is 2.20. The number of amides is 1. The average Bonchev–Trinajstić information content (AvgIpc) is 3.10. The Labute approximate surface area is 152 Å². The van der Waals surface area contributed by atoms with E-state index in [0.29, 0.717) is 21.8 Å². The zero-order valence-corrected chi connectivity index (χ0v) is 15.2. The van der Waals surface area contributed by atoms with Crippen LogP contribution in [-0.4, -0.2) is 32.3 Å². The van der Waals surface area contributed by atoms with Crippen LogP contribution in [0, 0.1) is 0 Å². The zero-order valence-electron chi connectivity index (χ0n) is 13.6. The number of nitrogens with one attached hydrogen (secondary N) is 1. The molecule has 0 aromatic heterocycles. The van der Waals surface area contributed by atoms with Crippen LogP contribution in [0.25, 0.3) is 0 Å². The van der Waals surface area contributed by atoms with Gasteiger partial charge in [0.25, 0.3) is 5.91 Å². The van der Waals surface area contributed by atoms with Crippen molar-refractivity contribution in [3.05, 3.63) is 64.7 Å². The van der Waals surface area contributed by atoms with Gasteiger partial charge in [0.15, 0.2) is 0 Å². The van der Waals surface area contributed by atoms with Crippen molar-refractivity contribution in [2.45, 2.75) is 18.6 Å². The highest BCUT2D eigenvalue weighted by atomic mass is 35.5. The Morgan fingerprint density at radius 1 is 1.08 bits per heavy atom. The largest absolute Gasteiger partial charge is 0.339 e. The zero-order chi connectivity index (χ0) is 17.9. The molecule has 0 atom stereocenters. The second kappa shape index (κ2) is 7.45. The Balaban J connectivity index is 1.72. The van der Waals surface area contributed by atoms with Gasteiger partial charge in [-0.2, -0.15) is 0 Å². The first-order chi connectivity index (χ1) is 11.9. The summed E-state index contributed by atoms with van der Waals surface area (Å²) in [7, 11) is -3.58. The number of halogens is 1. The van der Waals surface area contributed by atoms with Gasteiger partial charge >= 0.3 is 0 Å². The van der Waals surface area contributed by atoms with Gasteiger partial charge < -0.3 is 4.90 Å². The maximum atomic E-state index is 12.4. The van der Waals surface area contributed by atoms with Gasteiger partial charge in [0.1, 0.15) is 0 Å². The smallest absolute Gasteiger partial charge is 0.253 e. The van der Waals surface area contributed by atoms with E-state index in [0.717, 1.165) is 25.9 Å². The minimum atomic E-state index is -3.58. The second-order valence-corrected chi connectivity index (χ2v) is 8.23. The van der Waals surface area contributed by atoms with E-state index in [9.17, 15) is 13.2 Å². The highest BCUT2D eigenvalue weighted by Crippen LogP contribution is 2.19. The molecule has 1 heterocycles. The van der Waals surface area contributed by atoms with Crippen LogP contribution in [0.15, 0.2) is 48.5 Å². The number of nitrogens with zero attached hydrogens (tertiary/aromatic N) is 1. The third-order valence-electron chi connectivity index (χ3n) is 4.05. The molecule has 0 spiro atoms. The first kappa shape index (κ1) is 17.8. The fourth-order valence-corrected chi connectivity index (χ4v) is 4.15. The van der Waals surface area contributed by atoms with Crippen molar-refractivity contribution in [2.24, 2.45) is 0 Å². The summed E-state index contributed by atoms with van der Waals surface area (Å²) in [6, 6.07) is 13.3. The van der Waals surface area contributed by atoms with E-state index in [1.165, 1.54) is 0 Å². The second-order valence-electron chi connectivity index (χ2n) is 6.07. The minimum absolute atomic E-state index is 0.0590. The Hall–Kier alpha value is -2.05. The fraction of sp³-hybridized carbons (Fsp3) is 0.278. The molecule has 2 aromatic rings.